The van der Waals surface area contributed by atoms with Crippen molar-refractivity contribution in [2.75, 3.05) is 11.5 Å². The Morgan fingerprint density at radius 3 is 2.29 bits per heavy atom. The number of hydrogen-bond acceptors (Lipinski definition) is 4. The Kier molecular flexibility index (Phi) is 6.33. The Morgan fingerprint density at radius 2 is 1.71 bits per heavy atom. The number of urea groups is 1. The molecule has 0 aromatic heterocycles. The van der Waals surface area contributed by atoms with E-state index in [9.17, 15) is 18.8 Å². The molecule has 0 saturated carbocycles. The van der Waals surface area contributed by atoms with Gasteiger partial charge >= 0.3 is 6.03 Å². The monoisotopic (exact) mass is 606 g/mol. The quantitative estimate of drug-likeness (QED) is 0.324. The molecule has 1 saturated heterocycles. The van der Waals surface area contributed by atoms with Gasteiger partial charge in [0.25, 0.3) is 11.8 Å². The van der Waals surface area contributed by atoms with Gasteiger partial charge in [-0.25, -0.2) is 14.1 Å². The van der Waals surface area contributed by atoms with Crippen LogP contribution in [0, 0.1) is 13.0 Å². The highest BCUT2D eigenvalue weighted by Gasteiger charge is 2.36. The Balaban J connectivity index is 2.00. The number of nitrogens with one attached hydrogen (secondary N) is 1. The zero-order chi connectivity index (χ0) is 20.4. The van der Waals surface area contributed by atoms with Crippen LogP contribution in [-0.2, 0) is 9.59 Å². The van der Waals surface area contributed by atoms with Gasteiger partial charge in [0, 0.05) is 0 Å². The first-order valence-electron chi connectivity index (χ1n) is 8.10. The van der Waals surface area contributed by atoms with E-state index in [4.69, 9.17) is 4.74 Å². The zero-order valence-electron chi connectivity index (χ0n) is 14.5. The number of carbonyl (C=O) groups is 3. The summed E-state index contributed by atoms with van der Waals surface area (Å²) in [6.07, 6.45) is 1.42. The Morgan fingerprint density at radius 1 is 1.11 bits per heavy atom. The minimum Gasteiger partial charge on any atom is -0.492 e. The Hall–Kier alpha value is -2.02. The van der Waals surface area contributed by atoms with E-state index < -0.39 is 23.7 Å². The Bertz CT molecular complexity index is 982. The molecule has 4 amide bonds. The molecular weight excluding hydrogens is 593 g/mol. The molecular formula is C19H13FI2N2O4. The number of barbiturate groups is 1. The molecule has 1 aliphatic heterocycles. The van der Waals surface area contributed by atoms with Crippen LogP contribution in [0.3, 0.4) is 0 Å². The van der Waals surface area contributed by atoms with Crippen molar-refractivity contribution in [1.29, 1.82) is 0 Å². The third-order valence-corrected chi connectivity index (χ3v) is 5.41. The van der Waals surface area contributed by atoms with Crippen LogP contribution in [0.5, 0.6) is 5.75 Å². The smallest absolute Gasteiger partial charge is 0.335 e. The van der Waals surface area contributed by atoms with Crippen LogP contribution in [0.4, 0.5) is 14.9 Å². The van der Waals surface area contributed by atoms with Gasteiger partial charge in [-0.3, -0.25) is 14.9 Å². The fraction of sp³-hybridized carbons (Fsp3) is 0.105. The third-order valence-electron chi connectivity index (χ3n) is 3.81. The zero-order valence-corrected chi connectivity index (χ0v) is 18.8. The fourth-order valence-electron chi connectivity index (χ4n) is 2.59. The summed E-state index contributed by atoms with van der Waals surface area (Å²) < 4.78 is 20.4. The van der Waals surface area contributed by atoms with Crippen LogP contribution >= 0.6 is 45.2 Å². The lowest BCUT2D eigenvalue weighted by molar-refractivity contribution is -0.122. The van der Waals surface area contributed by atoms with Gasteiger partial charge in [0.05, 0.1) is 19.4 Å². The number of carbonyl (C=O) groups excluding carboxylic acids is 3. The average molecular weight is 606 g/mol. The maximum atomic E-state index is 13.2. The lowest BCUT2D eigenvalue weighted by Gasteiger charge is -2.26. The average Bonchev–Trinajstić information content (AvgIpc) is 2.63. The fourth-order valence-corrected chi connectivity index (χ4v) is 4.72. The van der Waals surface area contributed by atoms with Gasteiger partial charge in [0.1, 0.15) is 17.1 Å². The minimum absolute atomic E-state index is 0.165. The largest absolute Gasteiger partial charge is 0.492 e. The van der Waals surface area contributed by atoms with E-state index in [1.807, 2.05) is 6.92 Å². The van der Waals surface area contributed by atoms with Crippen LogP contribution in [-0.4, -0.2) is 24.5 Å². The van der Waals surface area contributed by atoms with Gasteiger partial charge in [-0.15, -0.1) is 0 Å². The molecule has 2 aromatic carbocycles. The molecule has 9 heteroatoms. The predicted octanol–water partition coefficient (Wildman–Crippen LogP) is 4.10. The van der Waals surface area contributed by atoms with Gasteiger partial charge in [-0.2, -0.15) is 0 Å². The molecule has 28 heavy (non-hydrogen) atoms. The molecule has 6 nitrogen and oxygen atoms in total. The van der Waals surface area contributed by atoms with Gasteiger partial charge in [0.15, 0.2) is 0 Å². The molecule has 1 fully saturated rings. The molecule has 0 atom stereocenters. The summed E-state index contributed by atoms with van der Waals surface area (Å²) in [6, 6.07) is 7.53. The van der Waals surface area contributed by atoms with Crippen LogP contribution in [0.15, 0.2) is 42.0 Å². The van der Waals surface area contributed by atoms with Crippen molar-refractivity contribution < 1.29 is 23.5 Å². The second-order valence-electron chi connectivity index (χ2n) is 5.68. The minimum atomic E-state index is -0.880. The standard InChI is InChI=1S/C19H13FI2N2O4/c1-2-28-16-14(21)8-10(9-15(16)22)7-13-17(25)23-19(27)24(18(13)26)12-5-3-11(20)4-6-12/h3-9H,2H2,1H3,(H,23,25,27)/b13-7+. The number of imide groups is 2. The summed E-state index contributed by atoms with van der Waals surface area (Å²) in [5.41, 5.74) is 0.585. The predicted molar refractivity (Wildman–Crippen MR) is 118 cm³/mol. The number of rotatable bonds is 4. The van der Waals surface area contributed by atoms with Gasteiger partial charge in [-0.05, 0) is 100 Å². The molecule has 0 spiro atoms. The van der Waals surface area contributed by atoms with Crippen molar-refractivity contribution in [3.63, 3.8) is 0 Å². The van der Waals surface area contributed by atoms with Crippen LogP contribution in [0.1, 0.15) is 12.5 Å². The summed E-state index contributed by atoms with van der Waals surface area (Å²) in [5, 5.41) is 2.14. The lowest BCUT2D eigenvalue weighted by Crippen LogP contribution is -2.54. The summed E-state index contributed by atoms with van der Waals surface area (Å²) in [4.78, 5) is 38.0. The summed E-state index contributed by atoms with van der Waals surface area (Å²) in [5.74, 6) is -1.33. The molecule has 2 aromatic rings. The summed E-state index contributed by atoms with van der Waals surface area (Å²) in [7, 11) is 0. The summed E-state index contributed by atoms with van der Waals surface area (Å²) >= 11 is 4.23. The molecule has 0 unspecified atom stereocenters. The van der Waals surface area contributed by atoms with E-state index in [-0.39, 0.29) is 11.3 Å². The maximum absolute atomic E-state index is 13.2. The number of hydrogen-bond donors (Lipinski definition) is 1. The molecule has 3 rings (SSSR count). The highest BCUT2D eigenvalue weighted by molar-refractivity contribution is 14.1. The normalized spacial score (nSPS) is 15.8. The highest BCUT2D eigenvalue weighted by Crippen LogP contribution is 2.30. The third kappa shape index (κ3) is 4.19. The SMILES string of the molecule is CCOc1c(I)cc(/C=C2\C(=O)NC(=O)N(c3ccc(F)cc3)C2=O)cc1I. The first kappa shape index (κ1) is 20.7. The van der Waals surface area contributed by atoms with Crippen molar-refractivity contribution in [2.45, 2.75) is 6.92 Å². The Labute approximate surface area is 187 Å². The van der Waals surface area contributed by atoms with Gasteiger partial charge < -0.3 is 4.74 Å². The van der Waals surface area contributed by atoms with Gasteiger partial charge in [-0.1, -0.05) is 0 Å². The first-order chi connectivity index (χ1) is 13.3. The van der Waals surface area contributed by atoms with Crippen molar-refractivity contribution in [1.82, 2.24) is 5.32 Å². The van der Waals surface area contributed by atoms with E-state index in [0.29, 0.717) is 12.2 Å². The lowest BCUT2D eigenvalue weighted by atomic mass is 10.1. The topological polar surface area (TPSA) is 75.7 Å². The maximum Gasteiger partial charge on any atom is 0.335 e. The van der Waals surface area contributed by atoms with Crippen molar-refractivity contribution >= 4 is 74.8 Å². The summed E-state index contributed by atoms with van der Waals surface area (Å²) in [6.45, 7) is 2.40. The van der Waals surface area contributed by atoms with Crippen molar-refractivity contribution in [3.8, 4) is 5.75 Å². The van der Waals surface area contributed by atoms with E-state index in [1.54, 1.807) is 12.1 Å². The van der Waals surface area contributed by atoms with Crippen LogP contribution in [0.2, 0.25) is 0 Å². The molecule has 1 heterocycles. The second-order valence-corrected chi connectivity index (χ2v) is 8.01. The molecule has 144 valence electrons. The molecule has 0 radical (unpaired) electrons. The highest BCUT2D eigenvalue weighted by atomic mass is 127. The first-order valence-corrected chi connectivity index (χ1v) is 10.3. The number of anilines is 1. The van der Waals surface area contributed by atoms with E-state index >= 15 is 0 Å². The number of halogens is 3. The van der Waals surface area contributed by atoms with E-state index in [0.717, 1.165) is 29.9 Å². The molecule has 0 bridgehead atoms. The van der Waals surface area contributed by atoms with E-state index in [1.165, 1.54) is 18.2 Å². The second kappa shape index (κ2) is 8.55. The van der Waals surface area contributed by atoms with Crippen molar-refractivity contribution in [3.05, 3.63) is 60.5 Å². The number of benzene rings is 2. The van der Waals surface area contributed by atoms with Gasteiger partial charge in [0.2, 0.25) is 0 Å². The van der Waals surface area contributed by atoms with Crippen LogP contribution in [0.25, 0.3) is 6.08 Å². The van der Waals surface area contributed by atoms with E-state index in [2.05, 4.69) is 50.5 Å². The van der Waals surface area contributed by atoms with Crippen LogP contribution < -0.4 is 15.0 Å². The number of ether oxygens (including phenoxy) is 1. The number of nitrogens with zero attached hydrogens (tertiary/aromatic N) is 1. The molecule has 1 aliphatic rings. The number of amides is 4. The molecule has 0 aliphatic carbocycles. The molecule has 1 N–H and O–H groups in total. The van der Waals surface area contributed by atoms with Crippen molar-refractivity contribution in [2.24, 2.45) is 0 Å².